The average molecular weight is 471 g/mol. The summed E-state index contributed by atoms with van der Waals surface area (Å²) >= 11 is 0. The number of hydrogen-bond acceptors (Lipinski definition) is 5. The van der Waals surface area contributed by atoms with Gasteiger partial charge in [0.2, 0.25) is 0 Å². The van der Waals surface area contributed by atoms with Crippen molar-refractivity contribution < 1.29 is 13.6 Å². The van der Waals surface area contributed by atoms with Gasteiger partial charge in [0.05, 0.1) is 10.6 Å². The normalized spacial score (nSPS) is 12.9. The van der Waals surface area contributed by atoms with Gasteiger partial charge in [0, 0.05) is 36.6 Å². The van der Waals surface area contributed by atoms with Crippen LogP contribution < -0.4 is 0 Å². The van der Waals surface area contributed by atoms with Gasteiger partial charge < -0.3 is 5.21 Å². The first-order valence-corrected chi connectivity index (χ1v) is 12.8. The summed E-state index contributed by atoms with van der Waals surface area (Å²) in [5.74, 6) is -0.0458. The molecular weight excluding hydrogens is 444 g/mol. The lowest BCUT2D eigenvalue weighted by molar-refractivity contribution is 0.317. The maximum atomic E-state index is 11.8. The number of aromatic nitrogens is 1. The van der Waals surface area contributed by atoms with Crippen molar-refractivity contribution in [2.75, 3.05) is 6.26 Å². The van der Waals surface area contributed by atoms with Crippen molar-refractivity contribution in [3.63, 3.8) is 0 Å². The third-order valence-electron chi connectivity index (χ3n) is 6.00. The summed E-state index contributed by atoms with van der Waals surface area (Å²) < 4.78 is 23.7. The monoisotopic (exact) mass is 470 g/mol. The maximum absolute atomic E-state index is 11.8. The zero-order valence-corrected chi connectivity index (χ0v) is 19.9. The van der Waals surface area contributed by atoms with E-state index in [1.165, 1.54) is 6.26 Å². The van der Waals surface area contributed by atoms with Crippen LogP contribution >= 0.6 is 0 Å². The van der Waals surface area contributed by atoms with E-state index in [1.807, 2.05) is 48.5 Å². The average Bonchev–Trinajstić information content (AvgIpc) is 2.86. The number of rotatable bonds is 7. The van der Waals surface area contributed by atoms with Crippen LogP contribution in [0.1, 0.15) is 34.6 Å². The molecule has 1 N–H and O–H groups in total. The molecule has 0 spiro atoms. The molecule has 0 amide bonds. The fourth-order valence-corrected chi connectivity index (χ4v) is 4.80. The third kappa shape index (κ3) is 5.24. The van der Waals surface area contributed by atoms with Crippen molar-refractivity contribution in [1.82, 2.24) is 4.98 Å². The Kier molecular flexibility index (Phi) is 6.89. The molecule has 0 aliphatic rings. The van der Waals surface area contributed by atoms with Gasteiger partial charge in [-0.1, -0.05) is 65.8 Å². The lowest BCUT2D eigenvalue weighted by atomic mass is 9.82. The molecule has 1 unspecified atom stereocenters. The van der Waals surface area contributed by atoms with Crippen LogP contribution in [0, 0.1) is 6.92 Å². The fourth-order valence-electron chi connectivity index (χ4n) is 4.17. The van der Waals surface area contributed by atoms with E-state index in [0.717, 1.165) is 33.4 Å². The van der Waals surface area contributed by atoms with Crippen LogP contribution in [0.4, 0.5) is 0 Å². The Balaban J connectivity index is 1.76. The second-order valence-electron chi connectivity index (χ2n) is 8.32. The molecule has 1 heterocycles. The van der Waals surface area contributed by atoms with Gasteiger partial charge >= 0.3 is 0 Å². The first-order valence-electron chi connectivity index (χ1n) is 10.9. The minimum atomic E-state index is -3.25. The molecule has 3 aromatic carbocycles. The van der Waals surface area contributed by atoms with Gasteiger partial charge in [-0.25, -0.2) is 8.42 Å². The van der Waals surface area contributed by atoms with Gasteiger partial charge in [-0.05, 0) is 59.0 Å². The van der Waals surface area contributed by atoms with Crippen molar-refractivity contribution in [3.05, 3.63) is 120 Å². The number of benzene rings is 3. The number of aryl methyl sites for hydroxylation is 1. The lowest BCUT2D eigenvalue weighted by Crippen LogP contribution is -2.12. The van der Waals surface area contributed by atoms with Gasteiger partial charge in [0.1, 0.15) is 0 Å². The highest BCUT2D eigenvalue weighted by Gasteiger charge is 2.21. The van der Waals surface area contributed by atoms with E-state index in [1.54, 1.807) is 24.5 Å². The summed E-state index contributed by atoms with van der Waals surface area (Å²) in [4.78, 5) is 4.36. The standard InChI is InChI=1S/C28H26N2O3S/c1-20-6-3-4-9-26(20)27(19-28(30-31)22-14-16-29-17-15-22)24-8-5-7-23(18-24)21-10-12-25(13-11-21)34(2,32)33/h3-18,27,31H,19H2,1-2H3. The molecule has 0 aliphatic carbocycles. The molecule has 0 bridgehead atoms. The van der Waals surface area contributed by atoms with Crippen molar-refractivity contribution >= 4 is 15.5 Å². The van der Waals surface area contributed by atoms with Crippen LogP contribution in [0.3, 0.4) is 0 Å². The van der Waals surface area contributed by atoms with Gasteiger partial charge in [-0.3, -0.25) is 4.98 Å². The van der Waals surface area contributed by atoms with Crippen molar-refractivity contribution in [1.29, 1.82) is 0 Å². The smallest absolute Gasteiger partial charge is 0.175 e. The van der Waals surface area contributed by atoms with E-state index in [9.17, 15) is 13.6 Å². The highest BCUT2D eigenvalue weighted by molar-refractivity contribution is 7.90. The van der Waals surface area contributed by atoms with E-state index in [-0.39, 0.29) is 5.92 Å². The molecule has 0 aliphatic heterocycles. The summed E-state index contributed by atoms with van der Waals surface area (Å²) in [6.07, 6.45) is 5.08. The molecule has 1 atom stereocenters. The van der Waals surface area contributed by atoms with Gasteiger partial charge in [0.15, 0.2) is 9.84 Å². The van der Waals surface area contributed by atoms with Crippen LogP contribution in [-0.4, -0.2) is 30.6 Å². The van der Waals surface area contributed by atoms with E-state index in [0.29, 0.717) is 17.0 Å². The molecule has 6 heteroatoms. The predicted octanol–water partition coefficient (Wildman–Crippen LogP) is 5.86. The Bertz CT molecular complexity index is 1410. The van der Waals surface area contributed by atoms with Crippen molar-refractivity contribution in [2.24, 2.45) is 5.16 Å². The number of hydrogen-bond donors (Lipinski definition) is 1. The molecular formula is C28H26N2O3S. The predicted molar refractivity (Wildman–Crippen MR) is 135 cm³/mol. The van der Waals surface area contributed by atoms with Gasteiger partial charge in [-0.2, -0.15) is 0 Å². The molecule has 4 rings (SSSR count). The summed E-state index contributed by atoms with van der Waals surface area (Å²) in [6.45, 7) is 2.08. The Morgan fingerprint density at radius 3 is 2.26 bits per heavy atom. The minimum absolute atomic E-state index is 0.0458. The molecule has 4 aromatic rings. The summed E-state index contributed by atoms with van der Waals surface area (Å²) in [5.41, 5.74) is 6.71. The maximum Gasteiger partial charge on any atom is 0.175 e. The number of nitrogens with zero attached hydrogens (tertiary/aromatic N) is 2. The Morgan fingerprint density at radius 1 is 0.912 bits per heavy atom. The second kappa shape index (κ2) is 10.0. The Morgan fingerprint density at radius 2 is 1.62 bits per heavy atom. The van der Waals surface area contributed by atoms with E-state index in [2.05, 4.69) is 41.3 Å². The fraction of sp³-hybridized carbons (Fsp3) is 0.143. The Labute approximate surface area is 200 Å². The number of pyridine rings is 1. The molecule has 0 radical (unpaired) electrons. The van der Waals surface area contributed by atoms with Crippen LogP contribution in [0.25, 0.3) is 11.1 Å². The van der Waals surface area contributed by atoms with E-state index in [4.69, 9.17) is 0 Å². The SMILES string of the molecule is Cc1ccccc1C(CC(=NO)c1ccncc1)c1cccc(-c2ccc(S(C)(=O)=O)cc2)c1. The summed E-state index contributed by atoms with van der Waals surface area (Å²) in [7, 11) is -3.25. The molecule has 34 heavy (non-hydrogen) atoms. The third-order valence-corrected chi connectivity index (χ3v) is 7.13. The van der Waals surface area contributed by atoms with Crippen LogP contribution in [0.2, 0.25) is 0 Å². The first kappa shape index (κ1) is 23.4. The topological polar surface area (TPSA) is 79.6 Å². The van der Waals surface area contributed by atoms with Crippen LogP contribution in [0.15, 0.2) is 107 Å². The highest BCUT2D eigenvalue weighted by Crippen LogP contribution is 2.34. The molecule has 1 aromatic heterocycles. The zero-order chi connectivity index (χ0) is 24.1. The molecule has 5 nitrogen and oxygen atoms in total. The van der Waals surface area contributed by atoms with E-state index >= 15 is 0 Å². The number of oxime groups is 1. The zero-order valence-electron chi connectivity index (χ0n) is 19.1. The van der Waals surface area contributed by atoms with Crippen molar-refractivity contribution in [2.45, 2.75) is 24.2 Å². The molecule has 0 saturated carbocycles. The summed E-state index contributed by atoms with van der Waals surface area (Å²) in [6, 6.07) is 27.0. The van der Waals surface area contributed by atoms with Gasteiger partial charge in [-0.15, -0.1) is 0 Å². The van der Waals surface area contributed by atoms with Crippen LogP contribution in [0.5, 0.6) is 0 Å². The molecule has 0 saturated heterocycles. The summed E-state index contributed by atoms with van der Waals surface area (Å²) in [5, 5.41) is 13.5. The quantitative estimate of drug-likeness (QED) is 0.208. The minimum Gasteiger partial charge on any atom is -0.411 e. The van der Waals surface area contributed by atoms with Gasteiger partial charge in [0.25, 0.3) is 0 Å². The van der Waals surface area contributed by atoms with Crippen LogP contribution in [-0.2, 0) is 9.84 Å². The highest BCUT2D eigenvalue weighted by atomic mass is 32.2. The largest absolute Gasteiger partial charge is 0.411 e. The second-order valence-corrected chi connectivity index (χ2v) is 10.3. The number of sulfone groups is 1. The molecule has 0 fully saturated rings. The first-order chi connectivity index (χ1) is 16.4. The van der Waals surface area contributed by atoms with Crippen molar-refractivity contribution in [3.8, 4) is 11.1 Å². The molecule has 172 valence electrons. The Hall–Kier alpha value is -3.77. The lowest BCUT2D eigenvalue weighted by Gasteiger charge is -2.21. The van der Waals surface area contributed by atoms with E-state index < -0.39 is 9.84 Å².